The number of rotatable bonds is 2. The Kier molecular flexibility index (Phi) is 2.53. The van der Waals surface area contributed by atoms with Gasteiger partial charge in [-0.1, -0.05) is 12.8 Å². The van der Waals surface area contributed by atoms with Crippen LogP contribution in [0.5, 0.6) is 0 Å². The standard InChI is InChI=1S/C11H13N3S2/c12-11(3-1-2-4-11)10-14-9(6-16-10)8-5-15-7-13-8/h5-7H,1-4,12H2. The van der Waals surface area contributed by atoms with E-state index < -0.39 is 0 Å². The molecule has 3 rings (SSSR count). The van der Waals surface area contributed by atoms with Crippen LogP contribution in [0.15, 0.2) is 16.3 Å². The third kappa shape index (κ3) is 1.69. The van der Waals surface area contributed by atoms with E-state index in [0.29, 0.717) is 0 Å². The van der Waals surface area contributed by atoms with E-state index in [1.807, 2.05) is 10.9 Å². The van der Waals surface area contributed by atoms with E-state index in [9.17, 15) is 0 Å². The highest BCUT2D eigenvalue weighted by atomic mass is 32.1. The SMILES string of the molecule is NC1(c2nc(-c3cscn3)cs2)CCCC1. The summed E-state index contributed by atoms with van der Waals surface area (Å²) < 4.78 is 0. The van der Waals surface area contributed by atoms with Crippen molar-refractivity contribution in [1.82, 2.24) is 9.97 Å². The van der Waals surface area contributed by atoms with Crippen molar-refractivity contribution in [2.75, 3.05) is 0 Å². The largest absolute Gasteiger partial charge is 0.319 e. The van der Waals surface area contributed by atoms with Gasteiger partial charge in [0.25, 0.3) is 0 Å². The normalized spacial score (nSPS) is 19.1. The van der Waals surface area contributed by atoms with Crippen molar-refractivity contribution >= 4 is 22.7 Å². The van der Waals surface area contributed by atoms with Gasteiger partial charge in [0.15, 0.2) is 0 Å². The molecule has 0 bridgehead atoms. The minimum atomic E-state index is -0.168. The number of hydrogen-bond donors (Lipinski definition) is 1. The Hall–Kier alpha value is -0.780. The maximum Gasteiger partial charge on any atom is 0.113 e. The molecule has 1 fully saturated rings. The maximum absolute atomic E-state index is 6.38. The Morgan fingerprint density at radius 1 is 1.19 bits per heavy atom. The minimum Gasteiger partial charge on any atom is -0.319 e. The van der Waals surface area contributed by atoms with Gasteiger partial charge >= 0.3 is 0 Å². The van der Waals surface area contributed by atoms with Crippen LogP contribution in [0.25, 0.3) is 11.4 Å². The summed E-state index contributed by atoms with van der Waals surface area (Å²) in [5.74, 6) is 0. The van der Waals surface area contributed by atoms with Crippen molar-refractivity contribution in [3.63, 3.8) is 0 Å². The van der Waals surface area contributed by atoms with Gasteiger partial charge in [0.1, 0.15) is 16.4 Å². The summed E-state index contributed by atoms with van der Waals surface area (Å²) in [6.07, 6.45) is 4.58. The highest BCUT2D eigenvalue weighted by Gasteiger charge is 2.34. The van der Waals surface area contributed by atoms with E-state index in [4.69, 9.17) is 5.73 Å². The van der Waals surface area contributed by atoms with E-state index in [-0.39, 0.29) is 5.54 Å². The molecule has 0 atom stereocenters. The molecule has 1 saturated carbocycles. The molecular formula is C11H13N3S2. The van der Waals surface area contributed by atoms with Crippen molar-refractivity contribution in [1.29, 1.82) is 0 Å². The molecule has 0 saturated heterocycles. The molecule has 0 unspecified atom stereocenters. The van der Waals surface area contributed by atoms with Gasteiger partial charge in [0.2, 0.25) is 0 Å². The summed E-state index contributed by atoms with van der Waals surface area (Å²) in [4.78, 5) is 8.92. The van der Waals surface area contributed by atoms with E-state index in [0.717, 1.165) is 29.2 Å². The average molecular weight is 251 g/mol. The van der Waals surface area contributed by atoms with Gasteiger partial charge in [-0.25, -0.2) is 9.97 Å². The molecule has 0 aliphatic heterocycles. The first-order valence-electron chi connectivity index (χ1n) is 5.41. The molecule has 0 amide bonds. The van der Waals surface area contributed by atoms with Gasteiger partial charge in [0.05, 0.1) is 11.0 Å². The molecule has 2 aromatic heterocycles. The number of nitrogens with zero attached hydrogens (tertiary/aromatic N) is 2. The molecule has 0 aromatic carbocycles. The molecule has 3 nitrogen and oxygen atoms in total. The second-order valence-corrected chi connectivity index (χ2v) is 5.85. The Morgan fingerprint density at radius 2 is 2.00 bits per heavy atom. The summed E-state index contributed by atoms with van der Waals surface area (Å²) in [6, 6.07) is 0. The molecule has 2 heterocycles. The van der Waals surface area contributed by atoms with Crippen LogP contribution in [0.2, 0.25) is 0 Å². The molecule has 5 heteroatoms. The van der Waals surface area contributed by atoms with E-state index >= 15 is 0 Å². The maximum atomic E-state index is 6.38. The first-order chi connectivity index (χ1) is 7.78. The molecule has 1 aliphatic carbocycles. The number of aromatic nitrogens is 2. The summed E-state index contributed by atoms with van der Waals surface area (Å²) in [5, 5.41) is 5.17. The van der Waals surface area contributed by atoms with Crippen LogP contribution in [0, 0.1) is 0 Å². The minimum absolute atomic E-state index is 0.168. The molecule has 84 valence electrons. The lowest BCUT2D eigenvalue weighted by molar-refractivity contribution is 0.459. The Bertz CT molecular complexity index is 469. The summed E-state index contributed by atoms with van der Waals surface area (Å²) in [6.45, 7) is 0. The number of thiazole rings is 2. The van der Waals surface area contributed by atoms with Crippen LogP contribution in [-0.4, -0.2) is 9.97 Å². The molecule has 0 spiro atoms. The van der Waals surface area contributed by atoms with Gasteiger partial charge in [-0.2, -0.15) is 0 Å². The third-order valence-corrected chi connectivity index (χ3v) is 4.77. The summed E-state index contributed by atoms with van der Waals surface area (Å²) in [7, 11) is 0. The molecule has 1 aliphatic rings. The zero-order chi connectivity index (χ0) is 11.0. The van der Waals surface area contributed by atoms with Crippen LogP contribution in [0.4, 0.5) is 0 Å². The highest BCUT2D eigenvalue weighted by molar-refractivity contribution is 7.10. The molecule has 2 aromatic rings. The van der Waals surface area contributed by atoms with E-state index in [1.165, 1.54) is 12.8 Å². The zero-order valence-electron chi connectivity index (χ0n) is 8.85. The van der Waals surface area contributed by atoms with Crippen molar-refractivity contribution in [3.05, 3.63) is 21.3 Å². The predicted molar refractivity (Wildman–Crippen MR) is 67.6 cm³/mol. The second-order valence-electron chi connectivity index (χ2n) is 4.27. The topological polar surface area (TPSA) is 51.8 Å². The zero-order valence-corrected chi connectivity index (χ0v) is 10.5. The van der Waals surface area contributed by atoms with Crippen LogP contribution in [-0.2, 0) is 5.54 Å². The molecular weight excluding hydrogens is 238 g/mol. The molecule has 0 radical (unpaired) electrons. The molecule has 2 N–H and O–H groups in total. The summed E-state index contributed by atoms with van der Waals surface area (Å²) in [5.41, 5.74) is 9.98. The van der Waals surface area contributed by atoms with Gasteiger partial charge in [-0.3, -0.25) is 0 Å². The van der Waals surface area contributed by atoms with Crippen molar-refractivity contribution < 1.29 is 0 Å². The number of hydrogen-bond acceptors (Lipinski definition) is 5. The fourth-order valence-electron chi connectivity index (χ4n) is 2.18. The first-order valence-corrected chi connectivity index (χ1v) is 7.24. The lowest BCUT2D eigenvalue weighted by Crippen LogP contribution is -2.32. The van der Waals surface area contributed by atoms with Gasteiger partial charge in [-0.05, 0) is 12.8 Å². The van der Waals surface area contributed by atoms with Crippen LogP contribution in [0.3, 0.4) is 0 Å². The summed E-state index contributed by atoms with van der Waals surface area (Å²) >= 11 is 3.27. The smallest absolute Gasteiger partial charge is 0.113 e. The monoisotopic (exact) mass is 251 g/mol. The number of nitrogens with two attached hydrogens (primary N) is 1. The fourth-order valence-corrected chi connectivity index (χ4v) is 3.71. The van der Waals surface area contributed by atoms with E-state index in [2.05, 4.69) is 15.3 Å². The highest BCUT2D eigenvalue weighted by Crippen LogP contribution is 2.38. The Labute approximate surface area is 102 Å². The van der Waals surface area contributed by atoms with Crippen LogP contribution < -0.4 is 5.73 Å². The van der Waals surface area contributed by atoms with Crippen LogP contribution >= 0.6 is 22.7 Å². The Morgan fingerprint density at radius 3 is 2.69 bits per heavy atom. The van der Waals surface area contributed by atoms with Gasteiger partial charge in [-0.15, -0.1) is 22.7 Å². The third-order valence-electron chi connectivity index (χ3n) is 3.12. The van der Waals surface area contributed by atoms with Crippen LogP contribution in [0.1, 0.15) is 30.7 Å². The quantitative estimate of drug-likeness (QED) is 0.892. The lowest BCUT2D eigenvalue weighted by Gasteiger charge is -2.19. The van der Waals surface area contributed by atoms with Gasteiger partial charge in [0, 0.05) is 10.8 Å². The fraction of sp³-hybridized carbons (Fsp3) is 0.455. The van der Waals surface area contributed by atoms with Gasteiger partial charge < -0.3 is 5.73 Å². The van der Waals surface area contributed by atoms with Crippen molar-refractivity contribution in [3.8, 4) is 11.4 Å². The second kappa shape index (κ2) is 3.91. The lowest BCUT2D eigenvalue weighted by atomic mass is 10.0. The van der Waals surface area contributed by atoms with Crippen molar-refractivity contribution in [2.24, 2.45) is 5.73 Å². The van der Waals surface area contributed by atoms with Crippen molar-refractivity contribution in [2.45, 2.75) is 31.2 Å². The first kappa shape index (κ1) is 10.4. The average Bonchev–Trinajstić information content (AvgIpc) is 2.98. The van der Waals surface area contributed by atoms with E-state index in [1.54, 1.807) is 22.7 Å². The predicted octanol–water partition coefficient (Wildman–Crippen LogP) is 2.99. The Balaban J connectivity index is 1.93. The molecule has 16 heavy (non-hydrogen) atoms.